The number of carbonyl (C=O) groups excluding carboxylic acids is 1. The number of nitrogens with one attached hydrogen (secondary N) is 1. The van der Waals surface area contributed by atoms with Gasteiger partial charge in [0, 0.05) is 43.7 Å². The SMILES string of the molecule is Cc1nc([C@@H]2CCCN(C(=O)CCn3nc(C)c(C)c3C)C2)cc(=O)[nH]1. The van der Waals surface area contributed by atoms with Crippen molar-refractivity contribution < 1.29 is 4.79 Å². The van der Waals surface area contributed by atoms with Gasteiger partial charge in [0.25, 0.3) is 5.56 Å². The second-order valence-electron chi connectivity index (χ2n) is 7.20. The smallest absolute Gasteiger partial charge is 0.251 e. The first-order chi connectivity index (χ1) is 12.3. The van der Waals surface area contributed by atoms with Crippen molar-refractivity contribution in [1.82, 2.24) is 24.6 Å². The number of carbonyl (C=O) groups is 1. The Kier molecular flexibility index (Phi) is 5.25. The van der Waals surface area contributed by atoms with E-state index < -0.39 is 0 Å². The molecule has 1 aliphatic heterocycles. The van der Waals surface area contributed by atoms with Gasteiger partial charge in [0.2, 0.25) is 5.91 Å². The minimum Gasteiger partial charge on any atom is -0.342 e. The summed E-state index contributed by atoms with van der Waals surface area (Å²) in [6.07, 6.45) is 2.33. The fourth-order valence-corrected chi connectivity index (χ4v) is 3.62. The maximum atomic E-state index is 12.7. The summed E-state index contributed by atoms with van der Waals surface area (Å²) in [4.78, 5) is 33.4. The molecule has 0 unspecified atom stereocenters. The van der Waals surface area contributed by atoms with E-state index in [9.17, 15) is 9.59 Å². The zero-order valence-electron chi connectivity index (χ0n) is 16.0. The quantitative estimate of drug-likeness (QED) is 0.907. The lowest BCUT2D eigenvalue weighted by atomic mass is 9.94. The van der Waals surface area contributed by atoms with Crippen LogP contribution in [-0.2, 0) is 11.3 Å². The van der Waals surface area contributed by atoms with E-state index in [4.69, 9.17) is 0 Å². The number of piperidine rings is 1. The lowest BCUT2D eigenvalue weighted by molar-refractivity contribution is -0.132. The highest BCUT2D eigenvalue weighted by Gasteiger charge is 2.26. The molecule has 3 heterocycles. The summed E-state index contributed by atoms with van der Waals surface area (Å²) in [5, 5.41) is 4.51. The number of aromatic amines is 1. The van der Waals surface area contributed by atoms with E-state index in [0.29, 0.717) is 25.3 Å². The zero-order valence-corrected chi connectivity index (χ0v) is 16.0. The van der Waals surface area contributed by atoms with Crippen LogP contribution in [0.4, 0.5) is 0 Å². The largest absolute Gasteiger partial charge is 0.342 e. The second-order valence-corrected chi connectivity index (χ2v) is 7.20. The number of H-pyrrole nitrogens is 1. The molecule has 2 aromatic rings. The lowest BCUT2D eigenvalue weighted by Crippen LogP contribution is -2.40. The molecule has 7 heteroatoms. The molecule has 1 N–H and O–H groups in total. The summed E-state index contributed by atoms with van der Waals surface area (Å²) in [6, 6.07) is 1.56. The van der Waals surface area contributed by atoms with Gasteiger partial charge in [0.05, 0.1) is 11.4 Å². The van der Waals surface area contributed by atoms with Crippen molar-refractivity contribution in [3.05, 3.63) is 44.9 Å². The molecule has 1 amide bonds. The molecule has 26 heavy (non-hydrogen) atoms. The average molecular weight is 357 g/mol. The van der Waals surface area contributed by atoms with Gasteiger partial charge in [-0.2, -0.15) is 5.10 Å². The Hall–Kier alpha value is -2.44. The Morgan fingerprint density at radius 2 is 2.08 bits per heavy atom. The molecule has 140 valence electrons. The van der Waals surface area contributed by atoms with E-state index in [0.717, 1.165) is 36.5 Å². The van der Waals surface area contributed by atoms with Gasteiger partial charge in [-0.05, 0) is 46.1 Å². The summed E-state index contributed by atoms with van der Waals surface area (Å²) in [6.45, 7) is 9.88. The summed E-state index contributed by atoms with van der Waals surface area (Å²) in [5.74, 6) is 0.891. The molecule has 1 fully saturated rings. The Morgan fingerprint density at radius 1 is 1.31 bits per heavy atom. The molecule has 1 saturated heterocycles. The Bertz CT molecular complexity index is 867. The molecule has 0 aliphatic carbocycles. The van der Waals surface area contributed by atoms with Crippen LogP contribution < -0.4 is 5.56 Å². The van der Waals surface area contributed by atoms with Crippen LogP contribution in [0.5, 0.6) is 0 Å². The molecule has 0 bridgehead atoms. The third-order valence-electron chi connectivity index (χ3n) is 5.35. The van der Waals surface area contributed by atoms with Crippen LogP contribution in [-0.4, -0.2) is 43.6 Å². The standard InChI is InChI=1S/C19H27N5O2/c1-12-13(2)22-24(14(12)3)9-7-19(26)23-8-5-6-16(11-23)17-10-18(25)21-15(4)20-17/h10,16H,5-9,11H2,1-4H3,(H,20,21,25)/t16-/m1/s1. The normalized spacial score (nSPS) is 17.5. The second kappa shape index (κ2) is 7.43. The van der Waals surface area contributed by atoms with Crippen LogP contribution in [0.3, 0.4) is 0 Å². The van der Waals surface area contributed by atoms with Gasteiger partial charge in [-0.1, -0.05) is 0 Å². The van der Waals surface area contributed by atoms with Crippen LogP contribution in [0.25, 0.3) is 0 Å². The molecule has 0 saturated carbocycles. The molecule has 2 aromatic heterocycles. The molecule has 0 aromatic carbocycles. The topological polar surface area (TPSA) is 83.9 Å². The average Bonchev–Trinajstić information content (AvgIpc) is 2.86. The summed E-state index contributed by atoms with van der Waals surface area (Å²) in [7, 11) is 0. The van der Waals surface area contributed by atoms with Gasteiger partial charge in [-0.25, -0.2) is 4.98 Å². The Morgan fingerprint density at radius 3 is 2.73 bits per heavy atom. The first kappa shape index (κ1) is 18.4. The van der Waals surface area contributed by atoms with Gasteiger partial charge < -0.3 is 9.88 Å². The number of hydrogen-bond acceptors (Lipinski definition) is 4. The minimum atomic E-state index is -0.129. The van der Waals surface area contributed by atoms with Crippen molar-refractivity contribution in [3.63, 3.8) is 0 Å². The van der Waals surface area contributed by atoms with Crippen molar-refractivity contribution in [3.8, 4) is 0 Å². The van der Waals surface area contributed by atoms with E-state index in [2.05, 4.69) is 22.0 Å². The van der Waals surface area contributed by atoms with E-state index in [1.54, 1.807) is 13.0 Å². The Labute approximate surface area is 153 Å². The molecule has 0 radical (unpaired) electrons. The lowest BCUT2D eigenvalue weighted by Gasteiger charge is -2.32. The summed E-state index contributed by atoms with van der Waals surface area (Å²) >= 11 is 0. The van der Waals surface area contributed by atoms with Crippen molar-refractivity contribution in [2.75, 3.05) is 13.1 Å². The molecule has 1 atom stereocenters. The number of likely N-dealkylation sites (tertiary alicyclic amines) is 1. The van der Waals surface area contributed by atoms with Gasteiger partial charge in [0.1, 0.15) is 5.82 Å². The summed E-state index contributed by atoms with van der Waals surface area (Å²) in [5.41, 5.74) is 3.98. The van der Waals surface area contributed by atoms with Crippen molar-refractivity contribution in [1.29, 1.82) is 0 Å². The van der Waals surface area contributed by atoms with Crippen molar-refractivity contribution in [2.24, 2.45) is 0 Å². The van der Waals surface area contributed by atoms with Crippen LogP contribution in [0.1, 0.15) is 53.7 Å². The van der Waals surface area contributed by atoms with E-state index >= 15 is 0 Å². The molecule has 7 nitrogen and oxygen atoms in total. The number of amides is 1. The zero-order chi connectivity index (χ0) is 18.8. The molecule has 3 rings (SSSR count). The van der Waals surface area contributed by atoms with Crippen LogP contribution >= 0.6 is 0 Å². The first-order valence-corrected chi connectivity index (χ1v) is 9.21. The highest BCUT2D eigenvalue weighted by atomic mass is 16.2. The van der Waals surface area contributed by atoms with E-state index in [1.165, 1.54) is 5.56 Å². The fraction of sp³-hybridized carbons (Fsp3) is 0.579. The number of aromatic nitrogens is 4. The Balaban J connectivity index is 1.64. The number of aryl methyl sites for hydroxylation is 3. The fourth-order valence-electron chi connectivity index (χ4n) is 3.62. The van der Waals surface area contributed by atoms with Gasteiger partial charge >= 0.3 is 0 Å². The number of nitrogens with zero attached hydrogens (tertiary/aromatic N) is 4. The molecular formula is C19H27N5O2. The molecule has 1 aliphatic rings. The maximum absolute atomic E-state index is 12.7. The summed E-state index contributed by atoms with van der Waals surface area (Å²) < 4.78 is 1.92. The van der Waals surface area contributed by atoms with Crippen LogP contribution in [0, 0.1) is 27.7 Å². The number of hydrogen-bond donors (Lipinski definition) is 1. The van der Waals surface area contributed by atoms with E-state index in [-0.39, 0.29) is 17.4 Å². The van der Waals surface area contributed by atoms with Crippen LogP contribution in [0.15, 0.2) is 10.9 Å². The monoisotopic (exact) mass is 357 g/mol. The first-order valence-electron chi connectivity index (χ1n) is 9.21. The highest BCUT2D eigenvalue weighted by molar-refractivity contribution is 5.76. The maximum Gasteiger partial charge on any atom is 0.251 e. The van der Waals surface area contributed by atoms with Gasteiger partial charge in [-0.15, -0.1) is 0 Å². The number of rotatable bonds is 4. The van der Waals surface area contributed by atoms with E-state index in [1.807, 2.05) is 23.4 Å². The van der Waals surface area contributed by atoms with Crippen LogP contribution in [0.2, 0.25) is 0 Å². The van der Waals surface area contributed by atoms with Crippen molar-refractivity contribution in [2.45, 2.75) is 59.4 Å². The third-order valence-corrected chi connectivity index (χ3v) is 5.35. The van der Waals surface area contributed by atoms with Crippen molar-refractivity contribution >= 4 is 5.91 Å². The van der Waals surface area contributed by atoms with Gasteiger partial charge in [0.15, 0.2) is 0 Å². The molecular weight excluding hydrogens is 330 g/mol. The third kappa shape index (κ3) is 3.86. The minimum absolute atomic E-state index is 0.129. The highest BCUT2D eigenvalue weighted by Crippen LogP contribution is 2.25. The predicted molar refractivity (Wildman–Crippen MR) is 99.2 cm³/mol. The van der Waals surface area contributed by atoms with Gasteiger partial charge in [-0.3, -0.25) is 14.3 Å². The predicted octanol–water partition coefficient (Wildman–Crippen LogP) is 2.00. The molecule has 0 spiro atoms.